The minimum atomic E-state index is -1.12. The first-order valence-corrected chi connectivity index (χ1v) is 6.31. The molecule has 1 fully saturated rings. The molecule has 1 aromatic rings. The van der Waals surface area contributed by atoms with Gasteiger partial charge in [-0.1, -0.05) is 6.07 Å². The van der Waals surface area contributed by atoms with Crippen molar-refractivity contribution >= 4 is 18.6 Å². The van der Waals surface area contributed by atoms with Crippen LogP contribution in [0.5, 0.6) is 0 Å². The number of benzene rings is 1. The molecule has 2 rings (SSSR count). The number of carboxylic acids is 1. The first-order valence-electron chi connectivity index (χ1n) is 6.31. The summed E-state index contributed by atoms with van der Waals surface area (Å²) >= 11 is 0. The Morgan fingerprint density at radius 2 is 1.80 bits per heavy atom. The summed E-state index contributed by atoms with van der Waals surface area (Å²) in [6.45, 7) is 7.74. The first kappa shape index (κ1) is 14.6. The quantitative estimate of drug-likeness (QED) is 0.827. The summed E-state index contributed by atoms with van der Waals surface area (Å²) in [5, 5.41) is 18.1. The molecule has 0 radical (unpaired) electrons. The average molecular weight is 273 g/mol. The zero-order chi connectivity index (χ0) is 15.1. The predicted octanol–water partition coefficient (Wildman–Crippen LogP) is 1.56. The summed E-state index contributed by atoms with van der Waals surface area (Å²) in [6, 6.07) is 6.42. The van der Waals surface area contributed by atoms with E-state index in [0.717, 1.165) is 0 Å². The molecule has 1 aliphatic rings. The van der Waals surface area contributed by atoms with Gasteiger partial charge in [0, 0.05) is 0 Å². The summed E-state index contributed by atoms with van der Waals surface area (Å²) in [7, 11) is -0.602. The van der Waals surface area contributed by atoms with E-state index in [0.29, 0.717) is 5.46 Å². The number of rotatable bonds is 2. The summed E-state index contributed by atoms with van der Waals surface area (Å²) in [5.74, 6) is -1.12. The van der Waals surface area contributed by atoms with Gasteiger partial charge in [0.25, 0.3) is 0 Å². The second-order valence-corrected chi connectivity index (χ2v) is 5.81. The molecule has 0 unspecified atom stereocenters. The van der Waals surface area contributed by atoms with Crippen molar-refractivity contribution in [3.8, 4) is 6.07 Å². The van der Waals surface area contributed by atoms with Crippen LogP contribution in [-0.2, 0) is 9.31 Å². The molecule has 20 heavy (non-hydrogen) atoms. The van der Waals surface area contributed by atoms with Crippen molar-refractivity contribution in [2.75, 3.05) is 0 Å². The number of nitriles is 1. The Morgan fingerprint density at radius 1 is 1.25 bits per heavy atom. The van der Waals surface area contributed by atoms with Gasteiger partial charge in [0.2, 0.25) is 0 Å². The van der Waals surface area contributed by atoms with Crippen molar-refractivity contribution in [3.05, 3.63) is 29.3 Å². The van der Waals surface area contributed by atoms with Crippen LogP contribution in [0.3, 0.4) is 0 Å². The minimum Gasteiger partial charge on any atom is -0.478 e. The highest BCUT2D eigenvalue weighted by atomic mass is 16.7. The SMILES string of the molecule is CC1(C)OB(c2ccc(C(=O)O)c(C#N)c2)OC1(C)C. The molecule has 1 heterocycles. The van der Waals surface area contributed by atoms with Crippen LogP contribution < -0.4 is 5.46 Å². The van der Waals surface area contributed by atoms with Crippen LogP contribution in [-0.4, -0.2) is 29.4 Å². The van der Waals surface area contributed by atoms with Crippen LogP contribution in [0.1, 0.15) is 43.6 Å². The van der Waals surface area contributed by atoms with Crippen molar-refractivity contribution in [2.24, 2.45) is 0 Å². The fourth-order valence-corrected chi connectivity index (χ4v) is 1.97. The van der Waals surface area contributed by atoms with Gasteiger partial charge in [0.15, 0.2) is 0 Å². The van der Waals surface area contributed by atoms with Crippen LogP contribution in [0.2, 0.25) is 0 Å². The number of hydrogen-bond donors (Lipinski definition) is 1. The van der Waals surface area contributed by atoms with E-state index in [1.54, 1.807) is 6.07 Å². The first-order chi connectivity index (χ1) is 9.18. The Morgan fingerprint density at radius 3 is 2.25 bits per heavy atom. The Labute approximate surface area is 118 Å². The van der Waals surface area contributed by atoms with Crippen molar-refractivity contribution in [1.29, 1.82) is 5.26 Å². The molecule has 1 aliphatic heterocycles. The van der Waals surface area contributed by atoms with Crippen LogP contribution in [0.25, 0.3) is 0 Å². The zero-order valence-electron chi connectivity index (χ0n) is 11.9. The third kappa shape index (κ3) is 2.30. The van der Waals surface area contributed by atoms with Gasteiger partial charge in [-0.2, -0.15) is 5.26 Å². The van der Waals surface area contributed by atoms with Gasteiger partial charge in [-0.25, -0.2) is 4.79 Å². The molecule has 1 saturated heterocycles. The van der Waals surface area contributed by atoms with E-state index < -0.39 is 24.3 Å². The van der Waals surface area contributed by atoms with Crippen molar-refractivity contribution in [2.45, 2.75) is 38.9 Å². The highest BCUT2D eigenvalue weighted by Crippen LogP contribution is 2.36. The van der Waals surface area contributed by atoms with E-state index in [4.69, 9.17) is 19.7 Å². The number of aromatic carboxylic acids is 1. The van der Waals surface area contributed by atoms with E-state index in [2.05, 4.69) is 0 Å². The summed E-state index contributed by atoms with van der Waals surface area (Å²) in [4.78, 5) is 11.0. The third-order valence-corrected chi connectivity index (χ3v) is 3.92. The third-order valence-electron chi connectivity index (χ3n) is 3.92. The number of carbonyl (C=O) groups is 1. The second kappa shape index (κ2) is 4.62. The van der Waals surface area contributed by atoms with E-state index in [-0.39, 0.29) is 11.1 Å². The lowest BCUT2D eigenvalue weighted by Crippen LogP contribution is -2.41. The molecule has 1 N–H and O–H groups in total. The fourth-order valence-electron chi connectivity index (χ4n) is 1.97. The van der Waals surface area contributed by atoms with E-state index in [1.165, 1.54) is 12.1 Å². The molecule has 6 heteroatoms. The highest BCUT2D eigenvalue weighted by Gasteiger charge is 2.51. The van der Waals surface area contributed by atoms with Gasteiger partial charge in [0.1, 0.15) is 6.07 Å². The smallest absolute Gasteiger partial charge is 0.478 e. The lowest BCUT2D eigenvalue weighted by molar-refractivity contribution is 0.00578. The van der Waals surface area contributed by atoms with E-state index in [9.17, 15) is 4.79 Å². The van der Waals surface area contributed by atoms with Gasteiger partial charge in [0.05, 0.1) is 22.3 Å². The van der Waals surface area contributed by atoms with Gasteiger partial charge in [-0.15, -0.1) is 0 Å². The number of nitrogens with zero attached hydrogens (tertiary/aromatic N) is 1. The molecule has 0 saturated carbocycles. The Hall–Kier alpha value is -1.84. The maximum Gasteiger partial charge on any atom is 0.494 e. The van der Waals surface area contributed by atoms with Crippen molar-refractivity contribution in [3.63, 3.8) is 0 Å². The predicted molar refractivity (Wildman–Crippen MR) is 73.8 cm³/mol. The standard InChI is InChI=1S/C14H16BNO4/c1-13(2)14(3,4)20-15(19-13)10-5-6-11(12(17)18)9(7-10)8-16/h5-7H,1-4H3,(H,17,18). The molecule has 0 aromatic heterocycles. The lowest BCUT2D eigenvalue weighted by Gasteiger charge is -2.32. The Balaban J connectivity index is 2.37. The molecule has 104 valence electrons. The molecule has 0 aliphatic carbocycles. The maximum atomic E-state index is 11.0. The maximum absolute atomic E-state index is 11.0. The summed E-state index contributed by atoms with van der Waals surface area (Å²) in [6.07, 6.45) is 0. The topological polar surface area (TPSA) is 79.5 Å². The minimum absolute atomic E-state index is 0.0206. The van der Waals surface area contributed by atoms with Gasteiger partial charge < -0.3 is 14.4 Å². The molecule has 0 atom stereocenters. The van der Waals surface area contributed by atoms with Crippen LogP contribution >= 0.6 is 0 Å². The number of hydrogen-bond acceptors (Lipinski definition) is 4. The Bertz CT molecular complexity index is 588. The molecular formula is C14H16BNO4. The second-order valence-electron chi connectivity index (χ2n) is 5.81. The van der Waals surface area contributed by atoms with Gasteiger partial charge in [-0.05, 0) is 45.3 Å². The molecule has 0 bridgehead atoms. The van der Waals surface area contributed by atoms with Crippen molar-refractivity contribution in [1.82, 2.24) is 0 Å². The lowest BCUT2D eigenvalue weighted by atomic mass is 9.78. The largest absolute Gasteiger partial charge is 0.494 e. The molecule has 0 amide bonds. The molecule has 1 aromatic carbocycles. The van der Waals surface area contributed by atoms with Crippen molar-refractivity contribution < 1.29 is 19.2 Å². The normalized spacial score (nSPS) is 19.6. The Kier molecular flexibility index (Phi) is 3.36. The molecule has 0 spiro atoms. The van der Waals surface area contributed by atoms with Crippen LogP contribution in [0.15, 0.2) is 18.2 Å². The summed E-state index contributed by atoms with van der Waals surface area (Å²) < 4.78 is 11.7. The monoisotopic (exact) mass is 273 g/mol. The van der Waals surface area contributed by atoms with Gasteiger partial charge in [-0.3, -0.25) is 0 Å². The molecular weight excluding hydrogens is 257 g/mol. The van der Waals surface area contributed by atoms with E-state index in [1.807, 2.05) is 33.8 Å². The highest BCUT2D eigenvalue weighted by molar-refractivity contribution is 6.62. The number of carboxylic acid groups (broad SMARTS) is 1. The van der Waals surface area contributed by atoms with Crippen LogP contribution in [0.4, 0.5) is 0 Å². The van der Waals surface area contributed by atoms with E-state index >= 15 is 0 Å². The van der Waals surface area contributed by atoms with Crippen LogP contribution in [0, 0.1) is 11.3 Å². The molecule has 5 nitrogen and oxygen atoms in total. The van der Waals surface area contributed by atoms with Gasteiger partial charge >= 0.3 is 13.1 Å². The average Bonchev–Trinajstić information content (AvgIpc) is 2.57. The fraction of sp³-hybridized carbons (Fsp3) is 0.429. The zero-order valence-corrected chi connectivity index (χ0v) is 11.9. The summed E-state index contributed by atoms with van der Waals surface area (Å²) in [5.41, 5.74) is -0.228.